The van der Waals surface area contributed by atoms with E-state index in [2.05, 4.69) is 36.1 Å². The summed E-state index contributed by atoms with van der Waals surface area (Å²) in [5, 5.41) is 10.6. The first-order valence-corrected chi connectivity index (χ1v) is 13.0. The molecule has 0 bridgehead atoms. The molecule has 4 aromatic carbocycles. The van der Waals surface area contributed by atoms with Crippen LogP contribution in [0.1, 0.15) is 22.8 Å². The van der Waals surface area contributed by atoms with Crippen LogP contribution in [0.3, 0.4) is 0 Å². The molecule has 0 aliphatic rings. The van der Waals surface area contributed by atoms with Crippen molar-refractivity contribution in [3.8, 4) is 11.5 Å². The molecular formula is C31H26FN7O3. The zero-order chi connectivity index (χ0) is 29.1. The van der Waals surface area contributed by atoms with Crippen LogP contribution in [0.15, 0.2) is 108 Å². The summed E-state index contributed by atoms with van der Waals surface area (Å²) in [6, 6.07) is 29.1. The minimum Gasteiger partial charge on any atom is -0.490 e. The Morgan fingerprint density at radius 2 is 1.38 bits per heavy atom. The highest BCUT2D eigenvalue weighted by Crippen LogP contribution is 2.29. The second-order valence-electron chi connectivity index (χ2n) is 8.69. The fourth-order valence-electron chi connectivity index (χ4n) is 3.71. The fraction of sp³-hybridized carbons (Fsp3) is 0.0645. The van der Waals surface area contributed by atoms with E-state index in [9.17, 15) is 9.18 Å². The van der Waals surface area contributed by atoms with Gasteiger partial charge in [-0.25, -0.2) is 14.6 Å². The summed E-state index contributed by atoms with van der Waals surface area (Å²) in [6.07, 6.45) is 1.55. The van der Waals surface area contributed by atoms with E-state index in [-0.39, 0.29) is 17.3 Å². The third-order valence-electron chi connectivity index (χ3n) is 5.62. The van der Waals surface area contributed by atoms with E-state index >= 15 is 0 Å². The lowest BCUT2D eigenvalue weighted by Gasteiger charge is -2.11. The Morgan fingerprint density at radius 1 is 0.786 bits per heavy atom. The monoisotopic (exact) mass is 563 g/mol. The van der Waals surface area contributed by atoms with Crippen molar-refractivity contribution in [2.45, 2.75) is 6.92 Å². The molecule has 0 unspecified atom stereocenters. The molecule has 210 valence electrons. The van der Waals surface area contributed by atoms with E-state index in [1.807, 2.05) is 67.6 Å². The SMILES string of the molecule is CCOc1cc(C=NNc2nc(Nc3ccccc3)nc(Nc3ccccc3)n2)ccc1OC(=O)c1ccc(F)cc1. The van der Waals surface area contributed by atoms with E-state index in [0.29, 0.717) is 29.8 Å². The Kier molecular flexibility index (Phi) is 8.90. The highest BCUT2D eigenvalue weighted by molar-refractivity contribution is 5.91. The molecule has 0 saturated heterocycles. The van der Waals surface area contributed by atoms with Crippen molar-refractivity contribution >= 4 is 41.4 Å². The van der Waals surface area contributed by atoms with E-state index in [4.69, 9.17) is 9.47 Å². The first-order chi connectivity index (χ1) is 20.6. The molecule has 3 N–H and O–H groups in total. The number of anilines is 5. The van der Waals surface area contributed by atoms with Crippen molar-refractivity contribution in [1.29, 1.82) is 0 Å². The van der Waals surface area contributed by atoms with Crippen LogP contribution in [0.25, 0.3) is 0 Å². The van der Waals surface area contributed by atoms with Crippen LogP contribution >= 0.6 is 0 Å². The van der Waals surface area contributed by atoms with Gasteiger partial charge in [0, 0.05) is 11.4 Å². The van der Waals surface area contributed by atoms with Crippen LogP contribution in [-0.4, -0.2) is 33.7 Å². The molecule has 11 heteroatoms. The summed E-state index contributed by atoms with van der Waals surface area (Å²) in [5.74, 6) is 0.337. The van der Waals surface area contributed by atoms with Gasteiger partial charge in [-0.15, -0.1) is 0 Å². The normalized spacial score (nSPS) is 10.7. The minimum absolute atomic E-state index is 0.202. The largest absolute Gasteiger partial charge is 0.490 e. The summed E-state index contributed by atoms with van der Waals surface area (Å²) in [4.78, 5) is 25.8. The Balaban J connectivity index is 1.32. The number of para-hydroxylation sites is 2. The van der Waals surface area contributed by atoms with Gasteiger partial charge >= 0.3 is 5.97 Å². The van der Waals surface area contributed by atoms with Crippen LogP contribution in [0.2, 0.25) is 0 Å². The summed E-state index contributed by atoms with van der Waals surface area (Å²) in [6.45, 7) is 2.16. The van der Waals surface area contributed by atoms with Crippen LogP contribution in [0.4, 0.5) is 33.6 Å². The molecule has 42 heavy (non-hydrogen) atoms. The standard InChI is InChI=1S/C31H26FN7O3/c1-2-41-27-19-21(13-18-26(27)42-28(40)22-14-16-23(32)17-15-22)20-33-39-31-37-29(34-24-9-5-3-6-10-24)36-30(38-31)35-25-11-7-4-8-12-25/h3-20H,2H2,1H3,(H3,34,35,36,37,38,39). The fourth-order valence-corrected chi connectivity index (χ4v) is 3.71. The topological polar surface area (TPSA) is 123 Å². The lowest BCUT2D eigenvalue weighted by molar-refractivity contribution is 0.0728. The number of carbonyl (C=O) groups is 1. The van der Waals surface area contributed by atoms with Gasteiger partial charge in [0.25, 0.3) is 0 Å². The summed E-state index contributed by atoms with van der Waals surface area (Å²) in [5.41, 5.74) is 5.34. The van der Waals surface area contributed by atoms with Gasteiger partial charge in [-0.1, -0.05) is 36.4 Å². The number of hydrogen-bond donors (Lipinski definition) is 3. The highest BCUT2D eigenvalue weighted by atomic mass is 19.1. The van der Waals surface area contributed by atoms with Crippen LogP contribution in [-0.2, 0) is 0 Å². The lowest BCUT2D eigenvalue weighted by Crippen LogP contribution is -2.10. The van der Waals surface area contributed by atoms with Crippen LogP contribution < -0.4 is 25.5 Å². The second-order valence-corrected chi connectivity index (χ2v) is 8.69. The number of ether oxygens (including phenoxy) is 2. The van der Waals surface area contributed by atoms with E-state index < -0.39 is 11.8 Å². The first-order valence-electron chi connectivity index (χ1n) is 13.0. The smallest absolute Gasteiger partial charge is 0.343 e. The van der Waals surface area contributed by atoms with E-state index in [1.165, 1.54) is 24.3 Å². The second kappa shape index (κ2) is 13.5. The third kappa shape index (κ3) is 7.63. The maximum Gasteiger partial charge on any atom is 0.343 e. The molecule has 0 saturated carbocycles. The van der Waals surface area contributed by atoms with Gasteiger partial charge in [0.15, 0.2) is 11.5 Å². The Labute approximate surface area is 241 Å². The molecule has 0 spiro atoms. The molecule has 0 amide bonds. The highest BCUT2D eigenvalue weighted by Gasteiger charge is 2.14. The molecule has 1 aromatic heterocycles. The van der Waals surface area contributed by atoms with Crippen LogP contribution in [0.5, 0.6) is 11.5 Å². The zero-order valence-corrected chi connectivity index (χ0v) is 22.5. The van der Waals surface area contributed by atoms with Crippen LogP contribution in [0, 0.1) is 5.82 Å². The number of hydrogen-bond acceptors (Lipinski definition) is 10. The summed E-state index contributed by atoms with van der Waals surface area (Å²) < 4.78 is 24.4. The number of rotatable bonds is 11. The molecule has 1 heterocycles. The number of nitrogens with zero attached hydrogens (tertiary/aromatic N) is 4. The Bertz CT molecular complexity index is 1610. The number of carbonyl (C=O) groups excluding carboxylic acids is 1. The molecule has 10 nitrogen and oxygen atoms in total. The Hall–Kier alpha value is -5.84. The van der Waals surface area contributed by atoms with Gasteiger partial charge in [0.2, 0.25) is 17.8 Å². The predicted molar refractivity (Wildman–Crippen MR) is 159 cm³/mol. The molecule has 5 rings (SSSR count). The predicted octanol–water partition coefficient (Wildman–Crippen LogP) is 6.56. The number of benzene rings is 4. The average molecular weight is 564 g/mol. The number of nitrogens with one attached hydrogen (secondary N) is 3. The van der Waals surface area contributed by atoms with Crippen molar-refractivity contribution in [3.63, 3.8) is 0 Å². The molecule has 0 aliphatic heterocycles. The van der Waals surface area contributed by atoms with Gasteiger partial charge < -0.3 is 20.1 Å². The zero-order valence-electron chi connectivity index (χ0n) is 22.5. The maximum absolute atomic E-state index is 13.2. The average Bonchev–Trinajstić information content (AvgIpc) is 3.00. The van der Waals surface area contributed by atoms with Gasteiger partial charge in [0.1, 0.15) is 5.82 Å². The lowest BCUT2D eigenvalue weighted by atomic mass is 10.2. The molecule has 0 atom stereocenters. The molecular weight excluding hydrogens is 537 g/mol. The van der Waals surface area contributed by atoms with Crippen molar-refractivity contribution in [2.75, 3.05) is 22.7 Å². The molecule has 0 fully saturated rings. The van der Waals surface area contributed by atoms with Crippen molar-refractivity contribution in [1.82, 2.24) is 15.0 Å². The number of halogens is 1. The third-order valence-corrected chi connectivity index (χ3v) is 5.62. The van der Waals surface area contributed by atoms with Gasteiger partial charge in [-0.2, -0.15) is 20.1 Å². The first kappa shape index (κ1) is 27.7. The molecule has 0 radical (unpaired) electrons. The number of aromatic nitrogens is 3. The van der Waals surface area contributed by atoms with E-state index in [1.54, 1.807) is 24.4 Å². The van der Waals surface area contributed by atoms with Gasteiger partial charge in [-0.3, -0.25) is 0 Å². The Morgan fingerprint density at radius 3 is 1.98 bits per heavy atom. The van der Waals surface area contributed by atoms with Crippen molar-refractivity contribution in [2.24, 2.45) is 5.10 Å². The molecule has 5 aromatic rings. The number of hydrazone groups is 1. The van der Waals surface area contributed by atoms with Gasteiger partial charge in [-0.05, 0) is 79.2 Å². The minimum atomic E-state index is -0.631. The van der Waals surface area contributed by atoms with E-state index in [0.717, 1.165) is 11.4 Å². The quantitative estimate of drug-likeness (QED) is 0.0709. The maximum atomic E-state index is 13.2. The van der Waals surface area contributed by atoms with Crippen molar-refractivity contribution in [3.05, 3.63) is 120 Å². The summed E-state index contributed by atoms with van der Waals surface area (Å²) in [7, 11) is 0. The number of esters is 1. The van der Waals surface area contributed by atoms with Gasteiger partial charge in [0.05, 0.1) is 18.4 Å². The molecule has 0 aliphatic carbocycles. The van der Waals surface area contributed by atoms with Crippen molar-refractivity contribution < 1.29 is 18.7 Å². The summed E-state index contributed by atoms with van der Waals surface area (Å²) >= 11 is 0.